The molecule has 0 aliphatic heterocycles. The van der Waals surface area contributed by atoms with Gasteiger partial charge < -0.3 is 9.88 Å². The molecule has 1 heterocycles. The summed E-state index contributed by atoms with van der Waals surface area (Å²) in [5.41, 5.74) is 3.56. The Balaban J connectivity index is 1.56. The second kappa shape index (κ2) is 6.57. The van der Waals surface area contributed by atoms with E-state index in [1.54, 1.807) is 12.5 Å². The number of nitrogens with zero attached hydrogens (tertiary/aromatic N) is 2. The van der Waals surface area contributed by atoms with Crippen LogP contribution in [0, 0.1) is 0 Å². The molecule has 3 aromatic rings. The zero-order valence-electron chi connectivity index (χ0n) is 11.5. The quantitative estimate of drug-likeness (QED) is 0.776. The molecule has 0 aliphatic rings. The molecule has 0 spiro atoms. The minimum absolute atomic E-state index is 0.777. The number of halogens is 1. The summed E-state index contributed by atoms with van der Waals surface area (Å²) in [5.74, 6) is 0. The van der Waals surface area contributed by atoms with Crippen LogP contribution >= 0.6 is 11.6 Å². The zero-order valence-corrected chi connectivity index (χ0v) is 12.3. The highest BCUT2D eigenvalue weighted by molar-refractivity contribution is 6.30. The van der Waals surface area contributed by atoms with Gasteiger partial charge in [-0.05, 0) is 35.4 Å². The molecule has 2 aromatic carbocycles. The number of imidazole rings is 1. The van der Waals surface area contributed by atoms with E-state index < -0.39 is 0 Å². The molecule has 0 atom stereocenters. The predicted molar refractivity (Wildman–Crippen MR) is 85.6 cm³/mol. The van der Waals surface area contributed by atoms with E-state index in [0.29, 0.717) is 0 Å². The first-order valence-corrected chi connectivity index (χ1v) is 7.21. The van der Waals surface area contributed by atoms with Gasteiger partial charge in [-0.1, -0.05) is 35.9 Å². The molecule has 0 saturated heterocycles. The van der Waals surface area contributed by atoms with Crippen LogP contribution in [0.5, 0.6) is 0 Å². The third-order valence-corrected chi connectivity index (χ3v) is 3.52. The van der Waals surface area contributed by atoms with Crippen molar-refractivity contribution in [1.82, 2.24) is 14.9 Å². The van der Waals surface area contributed by atoms with Crippen LogP contribution in [0.25, 0.3) is 5.69 Å². The Morgan fingerprint density at radius 1 is 1.00 bits per heavy atom. The van der Waals surface area contributed by atoms with Gasteiger partial charge in [0.25, 0.3) is 0 Å². The minimum Gasteiger partial charge on any atom is -0.309 e. The highest BCUT2D eigenvalue weighted by atomic mass is 35.5. The van der Waals surface area contributed by atoms with Gasteiger partial charge in [0.05, 0.1) is 6.33 Å². The fourth-order valence-corrected chi connectivity index (χ4v) is 2.41. The molecule has 0 unspecified atom stereocenters. The van der Waals surface area contributed by atoms with Crippen LogP contribution in [-0.4, -0.2) is 9.55 Å². The number of benzene rings is 2. The summed E-state index contributed by atoms with van der Waals surface area (Å²) >= 11 is 5.97. The predicted octanol–water partition coefficient (Wildman–Crippen LogP) is 3.82. The molecule has 1 aromatic heterocycles. The topological polar surface area (TPSA) is 29.9 Å². The lowest BCUT2D eigenvalue weighted by atomic mass is 10.2. The van der Waals surface area contributed by atoms with Crippen LogP contribution in [0.4, 0.5) is 0 Å². The SMILES string of the molecule is Clc1cccc(CNCc2ccc(-n3ccnc3)cc2)c1. The molecular formula is C17H16ClN3. The molecule has 0 fully saturated rings. The monoisotopic (exact) mass is 297 g/mol. The van der Waals surface area contributed by atoms with Crippen LogP contribution in [-0.2, 0) is 13.1 Å². The van der Waals surface area contributed by atoms with Crippen molar-refractivity contribution in [2.75, 3.05) is 0 Å². The first kappa shape index (κ1) is 13.9. The summed E-state index contributed by atoms with van der Waals surface area (Å²) in [5, 5.41) is 4.20. The van der Waals surface area contributed by atoms with Gasteiger partial charge in [-0.25, -0.2) is 4.98 Å². The maximum atomic E-state index is 5.97. The second-order valence-corrected chi connectivity index (χ2v) is 5.31. The molecule has 0 radical (unpaired) electrons. The van der Waals surface area contributed by atoms with Crippen molar-refractivity contribution in [1.29, 1.82) is 0 Å². The van der Waals surface area contributed by atoms with Crippen LogP contribution in [0.3, 0.4) is 0 Å². The molecule has 3 rings (SSSR count). The molecular weight excluding hydrogens is 282 g/mol. The van der Waals surface area contributed by atoms with Gasteiger partial charge >= 0.3 is 0 Å². The maximum Gasteiger partial charge on any atom is 0.0991 e. The van der Waals surface area contributed by atoms with Gasteiger partial charge in [0.15, 0.2) is 0 Å². The van der Waals surface area contributed by atoms with E-state index in [4.69, 9.17) is 11.6 Å². The third-order valence-electron chi connectivity index (χ3n) is 3.29. The molecule has 0 amide bonds. The molecule has 0 saturated carbocycles. The lowest BCUT2D eigenvalue weighted by Crippen LogP contribution is -2.12. The largest absolute Gasteiger partial charge is 0.309 e. The molecule has 3 nitrogen and oxygen atoms in total. The fourth-order valence-electron chi connectivity index (χ4n) is 2.20. The van der Waals surface area contributed by atoms with Gasteiger partial charge in [0.2, 0.25) is 0 Å². The maximum absolute atomic E-state index is 5.97. The minimum atomic E-state index is 0.777. The molecule has 106 valence electrons. The third kappa shape index (κ3) is 3.72. The Hall–Kier alpha value is -2.10. The Morgan fingerprint density at radius 2 is 1.81 bits per heavy atom. The van der Waals surface area contributed by atoms with Crippen molar-refractivity contribution in [2.24, 2.45) is 0 Å². The highest BCUT2D eigenvalue weighted by Gasteiger charge is 1.98. The van der Waals surface area contributed by atoms with Crippen LogP contribution < -0.4 is 5.32 Å². The summed E-state index contributed by atoms with van der Waals surface area (Å²) in [6.45, 7) is 1.64. The number of rotatable bonds is 5. The summed E-state index contributed by atoms with van der Waals surface area (Å²) in [6.07, 6.45) is 5.51. The molecule has 0 bridgehead atoms. The number of nitrogens with one attached hydrogen (secondary N) is 1. The Kier molecular flexibility index (Phi) is 4.34. The van der Waals surface area contributed by atoms with E-state index in [0.717, 1.165) is 23.8 Å². The van der Waals surface area contributed by atoms with Crippen molar-refractivity contribution >= 4 is 11.6 Å². The molecule has 21 heavy (non-hydrogen) atoms. The fraction of sp³-hybridized carbons (Fsp3) is 0.118. The van der Waals surface area contributed by atoms with E-state index in [1.165, 1.54) is 11.1 Å². The van der Waals surface area contributed by atoms with Crippen LogP contribution in [0.15, 0.2) is 67.3 Å². The standard InChI is InChI=1S/C17H16ClN3/c18-16-3-1-2-15(10-16)12-20-11-14-4-6-17(7-5-14)21-9-8-19-13-21/h1-10,13,20H,11-12H2. The van der Waals surface area contributed by atoms with Crippen molar-refractivity contribution in [2.45, 2.75) is 13.1 Å². The first-order valence-electron chi connectivity index (χ1n) is 6.84. The van der Waals surface area contributed by atoms with Gasteiger partial charge in [-0.2, -0.15) is 0 Å². The molecule has 0 aliphatic carbocycles. The zero-order chi connectivity index (χ0) is 14.5. The number of hydrogen-bond donors (Lipinski definition) is 1. The smallest absolute Gasteiger partial charge is 0.0991 e. The van der Waals surface area contributed by atoms with Gasteiger partial charge in [-0.3, -0.25) is 0 Å². The van der Waals surface area contributed by atoms with E-state index in [9.17, 15) is 0 Å². The van der Waals surface area contributed by atoms with Gasteiger partial charge in [0, 0.05) is 36.2 Å². The van der Waals surface area contributed by atoms with Gasteiger partial charge in [-0.15, -0.1) is 0 Å². The lowest BCUT2D eigenvalue weighted by molar-refractivity contribution is 0.693. The van der Waals surface area contributed by atoms with Crippen molar-refractivity contribution in [3.8, 4) is 5.69 Å². The van der Waals surface area contributed by atoms with Crippen LogP contribution in [0.2, 0.25) is 5.02 Å². The van der Waals surface area contributed by atoms with Crippen molar-refractivity contribution in [3.05, 3.63) is 83.4 Å². The van der Waals surface area contributed by atoms with E-state index in [1.807, 2.05) is 29.0 Å². The average Bonchev–Trinajstić information content (AvgIpc) is 3.02. The number of aromatic nitrogens is 2. The summed E-state index contributed by atoms with van der Waals surface area (Å²) in [6, 6.07) is 16.4. The van der Waals surface area contributed by atoms with Crippen molar-refractivity contribution in [3.63, 3.8) is 0 Å². The normalized spacial score (nSPS) is 10.7. The van der Waals surface area contributed by atoms with E-state index >= 15 is 0 Å². The van der Waals surface area contributed by atoms with E-state index in [2.05, 4.69) is 40.6 Å². The van der Waals surface area contributed by atoms with E-state index in [-0.39, 0.29) is 0 Å². The first-order chi connectivity index (χ1) is 10.3. The van der Waals surface area contributed by atoms with Crippen LogP contribution in [0.1, 0.15) is 11.1 Å². The summed E-state index contributed by atoms with van der Waals surface area (Å²) < 4.78 is 1.99. The molecule has 1 N–H and O–H groups in total. The number of hydrogen-bond acceptors (Lipinski definition) is 2. The Labute approximate surface area is 129 Å². The van der Waals surface area contributed by atoms with Crippen molar-refractivity contribution < 1.29 is 0 Å². The highest BCUT2D eigenvalue weighted by Crippen LogP contribution is 2.11. The second-order valence-electron chi connectivity index (χ2n) is 4.87. The Bertz CT molecular complexity index is 690. The average molecular weight is 298 g/mol. The summed E-state index contributed by atoms with van der Waals surface area (Å²) in [4.78, 5) is 4.05. The molecule has 4 heteroatoms. The van der Waals surface area contributed by atoms with Gasteiger partial charge in [0.1, 0.15) is 0 Å². The Morgan fingerprint density at radius 3 is 2.52 bits per heavy atom. The lowest BCUT2D eigenvalue weighted by Gasteiger charge is -2.07. The summed E-state index contributed by atoms with van der Waals surface area (Å²) in [7, 11) is 0.